The van der Waals surface area contributed by atoms with Crippen molar-refractivity contribution in [2.24, 2.45) is 0 Å². The maximum atomic E-state index is 14.4. The summed E-state index contributed by atoms with van der Waals surface area (Å²) in [6.07, 6.45) is 0. The van der Waals surface area contributed by atoms with Crippen molar-refractivity contribution in [2.45, 2.75) is 19.9 Å². The predicted octanol–water partition coefficient (Wildman–Crippen LogP) is 3.07. The van der Waals surface area contributed by atoms with Crippen LogP contribution in [0.5, 0.6) is 0 Å². The fraction of sp³-hybridized carbons (Fsp3) is 0.278. The molecule has 3 rings (SSSR count). The predicted molar refractivity (Wildman–Crippen MR) is 92.6 cm³/mol. The van der Waals surface area contributed by atoms with Gasteiger partial charge >= 0.3 is 6.03 Å². The second-order valence-electron chi connectivity index (χ2n) is 6.15. The number of hydrogen-bond donors (Lipinski definition) is 1. The van der Waals surface area contributed by atoms with Crippen LogP contribution in [-0.4, -0.2) is 41.0 Å². The van der Waals surface area contributed by atoms with Gasteiger partial charge in [0, 0.05) is 31.4 Å². The van der Waals surface area contributed by atoms with Gasteiger partial charge in [0.2, 0.25) is 0 Å². The van der Waals surface area contributed by atoms with Crippen LogP contribution in [0, 0.1) is 12.7 Å². The molecule has 26 heavy (non-hydrogen) atoms. The Morgan fingerprint density at radius 3 is 2.58 bits per heavy atom. The first-order valence-electron chi connectivity index (χ1n) is 8.01. The molecular weight excluding hydrogens is 339 g/mol. The summed E-state index contributed by atoms with van der Waals surface area (Å²) in [5, 5.41) is 6.40. The summed E-state index contributed by atoms with van der Waals surface area (Å²) in [6, 6.07) is 6.49. The van der Waals surface area contributed by atoms with Gasteiger partial charge in [-0.3, -0.25) is 4.79 Å². The Hall–Kier alpha value is -3.16. The van der Waals surface area contributed by atoms with Crippen LogP contribution in [-0.2, 0) is 4.79 Å². The number of allylic oxidation sites excluding steroid dienone is 1. The summed E-state index contributed by atoms with van der Waals surface area (Å²) >= 11 is 0. The molecule has 1 aromatic heterocycles. The van der Waals surface area contributed by atoms with Gasteiger partial charge < -0.3 is 19.6 Å². The number of nitrogens with one attached hydrogen (secondary N) is 1. The Balaban J connectivity index is 2.08. The summed E-state index contributed by atoms with van der Waals surface area (Å²) in [7, 11) is 3.11. The average Bonchev–Trinajstić information content (AvgIpc) is 3.01. The minimum absolute atomic E-state index is 0.247. The number of benzene rings is 1. The van der Waals surface area contributed by atoms with Crippen LogP contribution in [0.25, 0.3) is 0 Å². The number of carbonyl (C=O) groups excluding carboxylic acids is 2. The van der Waals surface area contributed by atoms with Crippen LogP contribution in [0.15, 0.2) is 46.1 Å². The van der Waals surface area contributed by atoms with Crippen LogP contribution in [0.2, 0.25) is 0 Å². The minimum atomic E-state index is -0.854. The van der Waals surface area contributed by atoms with Crippen LogP contribution < -0.4 is 5.32 Å². The molecule has 7 nitrogen and oxygen atoms in total. The molecule has 136 valence electrons. The third kappa shape index (κ3) is 2.94. The lowest BCUT2D eigenvalue weighted by Gasteiger charge is -2.39. The van der Waals surface area contributed by atoms with Gasteiger partial charge in [-0.15, -0.1) is 0 Å². The number of aromatic nitrogens is 1. The van der Waals surface area contributed by atoms with E-state index in [9.17, 15) is 14.0 Å². The van der Waals surface area contributed by atoms with Gasteiger partial charge in [0.15, 0.2) is 5.82 Å². The number of amides is 3. The molecule has 2 heterocycles. The molecule has 0 saturated carbocycles. The lowest BCUT2D eigenvalue weighted by Crippen LogP contribution is -2.48. The van der Waals surface area contributed by atoms with Gasteiger partial charge in [-0.2, -0.15) is 0 Å². The highest BCUT2D eigenvalue weighted by Gasteiger charge is 2.39. The Morgan fingerprint density at radius 2 is 1.96 bits per heavy atom. The number of aryl methyl sites for hydroxylation is 1. The number of likely N-dealkylation sites (N-methyl/N-ethyl adjacent to an activating group) is 1. The van der Waals surface area contributed by atoms with E-state index >= 15 is 0 Å². The normalized spacial score (nSPS) is 17.7. The minimum Gasteiger partial charge on any atom is -0.360 e. The molecule has 0 aliphatic carbocycles. The second kappa shape index (κ2) is 6.62. The number of urea groups is 1. The molecule has 1 aromatic carbocycles. The zero-order valence-electron chi connectivity index (χ0n) is 14.9. The van der Waals surface area contributed by atoms with Crippen molar-refractivity contribution in [2.75, 3.05) is 19.4 Å². The van der Waals surface area contributed by atoms with Crippen molar-refractivity contribution in [1.82, 2.24) is 15.0 Å². The van der Waals surface area contributed by atoms with Crippen LogP contribution in [0.4, 0.5) is 15.0 Å². The topological polar surface area (TPSA) is 78.7 Å². The van der Waals surface area contributed by atoms with Gasteiger partial charge in [-0.25, -0.2) is 9.18 Å². The van der Waals surface area contributed by atoms with E-state index in [1.165, 1.54) is 22.9 Å². The van der Waals surface area contributed by atoms with Gasteiger partial charge in [-0.05, 0) is 19.9 Å². The number of carbonyl (C=O) groups is 2. The summed E-state index contributed by atoms with van der Waals surface area (Å²) < 4.78 is 19.4. The van der Waals surface area contributed by atoms with E-state index in [2.05, 4.69) is 10.5 Å². The SMILES string of the molecule is CC1=C(C(=O)Nc2cc(C)on2)[C@H](c2ccccc2F)N(C)C(=O)N1C. The fourth-order valence-electron chi connectivity index (χ4n) is 3.02. The summed E-state index contributed by atoms with van der Waals surface area (Å²) in [4.78, 5) is 28.1. The first-order valence-corrected chi connectivity index (χ1v) is 8.01. The van der Waals surface area contributed by atoms with E-state index in [1.54, 1.807) is 45.2 Å². The molecule has 0 bridgehead atoms. The zero-order valence-corrected chi connectivity index (χ0v) is 14.9. The molecule has 0 saturated heterocycles. The van der Waals surface area contributed by atoms with E-state index in [-0.39, 0.29) is 23.0 Å². The molecule has 2 aromatic rings. The van der Waals surface area contributed by atoms with Gasteiger partial charge in [0.1, 0.15) is 11.6 Å². The van der Waals surface area contributed by atoms with Crippen LogP contribution >= 0.6 is 0 Å². The third-order valence-electron chi connectivity index (χ3n) is 4.46. The molecule has 0 unspecified atom stereocenters. The van der Waals surface area contributed by atoms with E-state index in [0.29, 0.717) is 11.5 Å². The lowest BCUT2D eigenvalue weighted by molar-refractivity contribution is -0.113. The Bertz CT molecular complexity index is 905. The molecule has 0 spiro atoms. The summed E-state index contributed by atoms with van der Waals surface area (Å²) in [5.74, 6) is -0.167. The van der Waals surface area contributed by atoms with Crippen molar-refractivity contribution in [3.8, 4) is 0 Å². The van der Waals surface area contributed by atoms with E-state index in [1.807, 2.05) is 0 Å². The van der Waals surface area contributed by atoms with Crippen molar-refractivity contribution in [1.29, 1.82) is 0 Å². The molecule has 1 aliphatic heterocycles. The summed E-state index contributed by atoms with van der Waals surface area (Å²) in [6.45, 7) is 3.36. The number of hydrogen-bond acceptors (Lipinski definition) is 4. The smallest absolute Gasteiger partial charge is 0.324 e. The molecular formula is C18H19FN4O3. The van der Waals surface area contributed by atoms with Crippen LogP contribution in [0.1, 0.15) is 24.3 Å². The first kappa shape index (κ1) is 17.7. The van der Waals surface area contributed by atoms with E-state index in [4.69, 9.17) is 4.52 Å². The first-order chi connectivity index (χ1) is 12.3. The number of rotatable bonds is 3. The standard InChI is InChI=1S/C18H19FN4O3/c1-10-9-14(21-26-10)20-17(24)15-11(2)22(3)18(25)23(4)16(15)12-7-5-6-8-13(12)19/h5-9,16H,1-4H3,(H,20,21,24)/t16-/m0/s1. The Morgan fingerprint density at radius 1 is 1.27 bits per heavy atom. The maximum Gasteiger partial charge on any atom is 0.324 e. The quantitative estimate of drug-likeness (QED) is 0.915. The van der Waals surface area contributed by atoms with Crippen molar-refractivity contribution >= 4 is 17.8 Å². The zero-order chi connectivity index (χ0) is 19.0. The third-order valence-corrected chi connectivity index (χ3v) is 4.46. The van der Waals surface area contributed by atoms with Crippen LogP contribution in [0.3, 0.4) is 0 Å². The molecule has 3 amide bonds. The lowest BCUT2D eigenvalue weighted by atomic mass is 9.92. The summed E-state index contributed by atoms with van der Waals surface area (Å²) in [5.41, 5.74) is 0.955. The highest BCUT2D eigenvalue weighted by atomic mass is 19.1. The number of halogens is 1. The van der Waals surface area contributed by atoms with Crippen molar-refractivity contribution in [3.63, 3.8) is 0 Å². The Labute approximate surface area is 150 Å². The fourth-order valence-corrected chi connectivity index (χ4v) is 3.02. The Kier molecular flexibility index (Phi) is 4.50. The number of nitrogens with zero attached hydrogens (tertiary/aromatic N) is 3. The van der Waals surface area contributed by atoms with E-state index < -0.39 is 17.8 Å². The van der Waals surface area contributed by atoms with Crippen molar-refractivity contribution in [3.05, 3.63) is 58.7 Å². The second-order valence-corrected chi connectivity index (χ2v) is 6.15. The van der Waals surface area contributed by atoms with Gasteiger partial charge in [0.05, 0.1) is 11.6 Å². The maximum absolute atomic E-state index is 14.4. The molecule has 8 heteroatoms. The number of anilines is 1. The monoisotopic (exact) mass is 358 g/mol. The van der Waals surface area contributed by atoms with Gasteiger partial charge in [0.25, 0.3) is 5.91 Å². The van der Waals surface area contributed by atoms with E-state index in [0.717, 1.165) is 0 Å². The largest absolute Gasteiger partial charge is 0.360 e. The molecule has 0 radical (unpaired) electrons. The highest BCUT2D eigenvalue weighted by molar-refractivity contribution is 6.06. The van der Waals surface area contributed by atoms with Crippen molar-refractivity contribution < 1.29 is 18.5 Å². The van der Waals surface area contributed by atoms with Gasteiger partial charge in [-0.1, -0.05) is 23.4 Å². The molecule has 1 aliphatic rings. The molecule has 1 atom stereocenters. The molecule has 0 fully saturated rings. The molecule has 1 N–H and O–H groups in total. The average molecular weight is 358 g/mol. The highest BCUT2D eigenvalue weighted by Crippen LogP contribution is 2.37.